The molecule has 0 amide bonds. The van der Waals surface area contributed by atoms with E-state index in [1.54, 1.807) is 7.11 Å². The van der Waals surface area contributed by atoms with Crippen molar-refractivity contribution in [2.75, 3.05) is 7.11 Å². The molecule has 1 aromatic carbocycles. The second kappa shape index (κ2) is 4.47. The number of aryl methyl sites for hydroxylation is 2. The lowest BCUT2D eigenvalue weighted by Crippen LogP contribution is -1.90. The number of hydrogen-bond donors (Lipinski definition) is 0. The largest absolute Gasteiger partial charge is 0.497 e. The minimum atomic E-state index is 0.918. The molecule has 0 saturated carbocycles. The highest BCUT2D eigenvalue weighted by Gasteiger charge is 2.01. The van der Waals surface area contributed by atoms with Crippen LogP contribution in [0, 0.1) is 13.8 Å². The monoisotopic (exact) mass is 240 g/mol. The van der Waals surface area contributed by atoms with Gasteiger partial charge in [-0.05, 0) is 53.7 Å². The molecule has 0 bridgehead atoms. The predicted molar refractivity (Wildman–Crippen MR) is 60.4 cm³/mol. The standard InChI is InChI=1S/C11H13BrO/c1-8-6-10(13-3)7-9(2)11(8)4-5-12/h4-7H,1-3H3/b5-4+. The van der Waals surface area contributed by atoms with Crippen LogP contribution < -0.4 is 4.74 Å². The van der Waals surface area contributed by atoms with Crippen LogP contribution in [-0.4, -0.2) is 7.11 Å². The number of hydrogen-bond acceptors (Lipinski definition) is 1. The van der Waals surface area contributed by atoms with Gasteiger partial charge in [-0.25, -0.2) is 0 Å². The first kappa shape index (κ1) is 10.3. The Hall–Kier alpha value is -0.760. The lowest BCUT2D eigenvalue weighted by molar-refractivity contribution is 0.414. The topological polar surface area (TPSA) is 9.23 Å². The maximum absolute atomic E-state index is 5.17. The van der Waals surface area contributed by atoms with E-state index in [0.29, 0.717) is 0 Å². The summed E-state index contributed by atoms with van der Waals surface area (Å²) in [6.45, 7) is 4.16. The summed E-state index contributed by atoms with van der Waals surface area (Å²) in [5.41, 5.74) is 3.71. The SMILES string of the molecule is COc1cc(C)c(/C=C/Br)c(C)c1. The summed E-state index contributed by atoms with van der Waals surface area (Å²) in [7, 11) is 1.69. The van der Waals surface area contributed by atoms with E-state index < -0.39 is 0 Å². The summed E-state index contributed by atoms with van der Waals surface area (Å²) in [6, 6.07) is 4.07. The predicted octanol–water partition coefficient (Wildman–Crippen LogP) is 3.68. The molecule has 70 valence electrons. The number of halogens is 1. The summed E-state index contributed by atoms with van der Waals surface area (Å²) < 4.78 is 5.17. The molecule has 1 aromatic rings. The fourth-order valence-corrected chi connectivity index (χ4v) is 1.64. The Morgan fingerprint density at radius 3 is 2.15 bits per heavy atom. The molecule has 1 nitrogen and oxygen atoms in total. The van der Waals surface area contributed by atoms with Crippen molar-refractivity contribution in [3.63, 3.8) is 0 Å². The molecule has 0 atom stereocenters. The number of benzene rings is 1. The van der Waals surface area contributed by atoms with Gasteiger partial charge in [-0.15, -0.1) is 0 Å². The second-order valence-electron chi connectivity index (χ2n) is 2.97. The van der Waals surface area contributed by atoms with Crippen LogP contribution in [0.15, 0.2) is 17.1 Å². The van der Waals surface area contributed by atoms with Crippen molar-refractivity contribution in [3.05, 3.63) is 33.8 Å². The van der Waals surface area contributed by atoms with Gasteiger partial charge in [-0.2, -0.15) is 0 Å². The molecule has 0 spiro atoms. The Balaban J connectivity index is 3.22. The van der Waals surface area contributed by atoms with Crippen molar-refractivity contribution in [1.82, 2.24) is 0 Å². The van der Waals surface area contributed by atoms with E-state index in [0.717, 1.165) is 5.75 Å². The van der Waals surface area contributed by atoms with Gasteiger partial charge in [0.15, 0.2) is 0 Å². The lowest BCUT2D eigenvalue weighted by atomic mass is 10.0. The smallest absolute Gasteiger partial charge is 0.119 e. The van der Waals surface area contributed by atoms with Crippen molar-refractivity contribution >= 4 is 22.0 Å². The molecule has 0 aliphatic carbocycles. The zero-order chi connectivity index (χ0) is 9.84. The highest BCUT2D eigenvalue weighted by atomic mass is 79.9. The maximum atomic E-state index is 5.17. The van der Waals surface area contributed by atoms with Crippen molar-refractivity contribution in [2.24, 2.45) is 0 Å². The van der Waals surface area contributed by atoms with Gasteiger partial charge in [0.25, 0.3) is 0 Å². The highest BCUT2D eigenvalue weighted by molar-refractivity contribution is 9.11. The van der Waals surface area contributed by atoms with Crippen molar-refractivity contribution in [1.29, 1.82) is 0 Å². The fourth-order valence-electron chi connectivity index (χ4n) is 1.38. The average molecular weight is 241 g/mol. The van der Waals surface area contributed by atoms with E-state index >= 15 is 0 Å². The molecule has 2 heteroatoms. The average Bonchev–Trinajstić information content (AvgIpc) is 2.11. The van der Waals surface area contributed by atoms with Crippen LogP contribution in [0.5, 0.6) is 5.75 Å². The van der Waals surface area contributed by atoms with E-state index in [1.807, 2.05) is 23.2 Å². The molecular formula is C11H13BrO. The molecule has 0 N–H and O–H groups in total. The van der Waals surface area contributed by atoms with Crippen LogP contribution in [0.4, 0.5) is 0 Å². The quantitative estimate of drug-likeness (QED) is 0.767. The van der Waals surface area contributed by atoms with Crippen molar-refractivity contribution in [3.8, 4) is 5.75 Å². The molecule has 1 rings (SSSR count). The Labute approximate surface area is 87.5 Å². The molecule has 0 fully saturated rings. The normalized spacial score (nSPS) is 10.8. The van der Waals surface area contributed by atoms with E-state index in [1.165, 1.54) is 16.7 Å². The first-order chi connectivity index (χ1) is 6.19. The summed E-state index contributed by atoms with van der Waals surface area (Å²) in [5, 5.41) is 0. The Morgan fingerprint density at radius 1 is 1.23 bits per heavy atom. The fraction of sp³-hybridized carbons (Fsp3) is 0.273. The Kier molecular flexibility index (Phi) is 3.55. The summed E-state index contributed by atoms with van der Waals surface area (Å²) in [4.78, 5) is 1.87. The third-order valence-electron chi connectivity index (χ3n) is 2.03. The summed E-state index contributed by atoms with van der Waals surface area (Å²) in [6.07, 6.45) is 2.05. The van der Waals surface area contributed by atoms with Gasteiger partial charge in [-0.3, -0.25) is 0 Å². The van der Waals surface area contributed by atoms with E-state index in [2.05, 4.69) is 29.8 Å². The zero-order valence-electron chi connectivity index (χ0n) is 8.10. The zero-order valence-corrected chi connectivity index (χ0v) is 9.68. The van der Waals surface area contributed by atoms with Gasteiger partial charge in [0.1, 0.15) is 5.75 Å². The molecule has 13 heavy (non-hydrogen) atoms. The van der Waals surface area contributed by atoms with Gasteiger partial charge in [0.2, 0.25) is 0 Å². The molecule has 0 aliphatic heterocycles. The van der Waals surface area contributed by atoms with Gasteiger partial charge in [0, 0.05) is 0 Å². The maximum Gasteiger partial charge on any atom is 0.119 e. The lowest BCUT2D eigenvalue weighted by Gasteiger charge is -2.08. The second-order valence-corrected chi connectivity index (χ2v) is 3.50. The van der Waals surface area contributed by atoms with Crippen molar-refractivity contribution < 1.29 is 4.74 Å². The molecule has 0 saturated heterocycles. The summed E-state index contributed by atoms with van der Waals surface area (Å²) >= 11 is 3.28. The molecule has 0 heterocycles. The Morgan fingerprint density at radius 2 is 1.77 bits per heavy atom. The first-order valence-corrected chi connectivity index (χ1v) is 5.02. The van der Waals surface area contributed by atoms with Gasteiger partial charge >= 0.3 is 0 Å². The van der Waals surface area contributed by atoms with Gasteiger partial charge in [0.05, 0.1) is 7.11 Å². The van der Waals surface area contributed by atoms with E-state index in [9.17, 15) is 0 Å². The van der Waals surface area contributed by atoms with Gasteiger partial charge in [-0.1, -0.05) is 15.9 Å². The molecule has 0 radical (unpaired) electrons. The van der Waals surface area contributed by atoms with Crippen molar-refractivity contribution in [2.45, 2.75) is 13.8 Å². The number of ether oxygens (including phenoxy) is 1. The van der Waals surface area contributed by atoms with Crippen LogP contribution in [0.25, 0.3) is 6.08 Å². The van der Waals surface area contributed by atoms with E-state index in [4.69, 9.17) is 4.74 Å². The number of rotatable bonds is 2. The molecular weight excluding hydrogens is 228 g/mol. The third kappa shape index (κ3) is 2.34. The summed E-state index contributed by atoms with van der Waals surface area (Å²) in [5.74, 6) is 0.918. The number of methoxy groups -OCH3 is 1. The van der Waals surface area contributed by atoms with Crippen LogP contribution >= 0.6 is 15.9 Å². The molecule has 0 aromatic heterocycles. The minimum absolute atomic E-state index is 0.918. The highest BCUT2D eigenvalue weighted by Crippen LogP contribution is 2.22. The van der Waals surface area contributed by atoms with Crippen LogP contribution in [0.3, 0.4) is 0 Å². The van der Waals surface area contributed by atoms with Crippen LogP contribution in [0.2, 0.25) is 0 Å². The van der Waals surface area contributed by atoms with Gasteiger partial charge < -0.3 is 4.74 Å². The third-order valence-corrected chi connectivity index (χ3v) is 2.30. The molecule has 0 aliphatic rings. The van der Waals surface area contributed by atoms with E-state index in [-0.39, 0.29) is 0 Å². The first-order valence-electron chi connectivity index (χ1n) is 4.11. The van der Waals surface area contributed by atoms with Crippen LogP contribution in [-0.2, 0) is 0 Å². The minimum Gasteiger partial charge on any atom is -0.497 e. The van der Waals surface area contributed by atoms with Crippen LogP contribution in [0.1, 0.15) is 16.7 Å². The molecule has 0 unspecified atom stereocenters. The Bertz CT molecular complexity index is 306.